The van der Waals surface area contributed by atoms with Gasteiger partial charge in [-0.1, -0.05) is 0 Å². The topological polar surface area (TPSA) is 103 Å². The maximum atomic E-state index is 12.6. The maximum absolute atomic E-state index is 12.6. The van der Waals surface area contributed by atoms with E-state index in [1.54, 1.807) is 14.0 Å². The first kappa shape index (κ1) is 20.4. The van der Waals surface area contributed by atoms with Gasteiger partial charge in [-0.25, -0.2) is 9.67 Å². The second-order valence-corrected chi connectivity index (χ2v) is 5.76. The number of nitrogens with two attached hydrogens (primary N) is 1. The van der Waals surface area contributed by atoms with Crippen molar-refractivity contribution in [1.82, 2.24) is 14.8 Å². The Balaban J connectivity index is 0.000000648. The Bertz CT molecular complexity index is 544. The van der Waals surface area contributed by atoms with Crippen molar-refractivity contribution in [3.05, 3.63) is 11.6 Å². The molecule has 3 atom stereocenters. The molecule has 1 saturated carbocycles. The van der Waals surface area contributed by atoms with Crippen molar-refractivity contribution in [2.75, 3.05) is 7.11 Å². The van der Waals surface area contributed by atoms with Crippen LogP contribution < -0.4 is 5.73 Å². The van der Waals surface area contributed by atoms with Gasteiger partial charge in [-0.3, -0.25) is 4.79 Å². The number of aliphatic carboxylic acids is 1. The first-order chi connectivity index (χ1) is 11.0. The zero-order chi connectivity index (χ0) is 18.5. The summed E-state index contributed by atoms with van der Waals surface area (Å²) >= 11 is 0. The molecule has 2 rings (SSSR count). The summed E-state index contributed by atoms with van der Waals surface area (Å²) in [6.45, 7) is 1.57. The van der Waals surface area contributed by atoms with Crippen LogP contribution in [-0.4, -0.2) is 51.3 Å². The highest BCUT2D eigenvalue weighted by Gasteiger charge is 2.35. The number of nitrogens with zero attached hydrogens (tertiary/aromatic N) is 3. The van der Waals surface area contributed by atoms with E-state index >= 15 is 0 Å². The lowest BCUT2D eigenvalue weighted by molar-refractivity contribution is -0.143. The summed E-state index contributed by atoms with van der Waals surface area (Å²) < 4.78 is 43.9. The van der Waals surface area contributed by atoms with Crippen molar-refractivity contribution in [1.29, 1.82) is 0 Å². The average Bonchev–Trinajstić information content (AvgIpc) is 2.76. The molecule has 0 amide bonds. The van der Waals surface area contributed by atoms with E-state index in [0.29, 0.717) is 24.5 Å². The first-order valence-corrected chi connectivity index (χ1v) is 7.49. The summed E-state index contributed by atoms with van der Waals surface area (Å²) in [5.74, 6) is -0.198. The van der Waals surface area contributed by atoms with Gasteiger partial charge in [-0.2, -0.15) is 18.3 Å². The second kappa shape index (κ2) is 8.43. The highest BCUT2D eigenvalue weighted by molar-refractivity contribution is 5.62. The number of hydrogen-bond donors (Lipinski definition) is 2. The molecule has 1 aromatic rings. The third-order valence-electron chi connectivity index (χ3n) is 3.64. The Hall–Kier alpha value is -1.68. The maximum Gasteiger partial charge on any atom is 0.408 e. The molecule has 0 aromatic carbocycles. The number of ether oxygens (including phenoxy) is 1. The van der Waals surface area contributed by atoms with E-state index in [2.05, 4.69) is 10.1 Å². The average molecular weight is 352 g/mol. The number of carbonyl (C=O) groups is 1. The third kappa shape index (κ3) is 6.44. The fourth-order valence-corrected chi connectivity index (χ4v) is 2.76. The van der Waals surface area contributed by atoms with Crippen LogP contribution in [0.25, 0.3) is 0 Å². The Labute approximate surface area is 138 Å². The van der Waals surface area contributed by atoms with Gasteiger partial charge in [0.1, 0.15) is 18.2 Å². The van der Waals surface area contributed by atoms with Gasteiger partial charge in [0.25, 0.3) is 5.97 Å². The fraction of sp³-hybridized carbons (Fsp3) is 0.786. The number of rotatable bonds is 3. The van der Waals surface area contributed by atoms with E-state index in [1.807, 2.05) is 0 Å². The molecular formula is C14H23F3N4O3. The van der Waals surface area contributed by atoms with Crippen molar-refractivity contribution < 1.29 is 27.8 Å². The van der Waals surface area contributed by atoms with E-state index in [-0.39, 0.29) is 18.1 Å². The van der Waals surface area contributed by atoms with Crippen LogP contribution in [-0.2, 0) is 16.1 Å². The van der Waals surface area contributed by atoms with Crippen LogP contribution in [0.2, 0.25) is 0 Å². The third-order valence-corrected chi connectivity index (χ3v) is 3.64. The lowest BCUT2D eigenvalue weighted by atomic mass is 9.83. The highest BCUT2D eigenvalue weighted by Crippen LogP contribution is 2.33. The Kier molecular flexibility index (Phi) is 7.15. The molecule has 0 radical (unpaired) electrons. The van der Waals surface area contributed by atoms with Crippen LogP contribution in [0.3, 0.4) is 0 Å². The number of hydrogen-bond acceptors (Lipinski definition) is 5. The van der Waals surface area contributed by atoms with E-state index in [4.69, 9.17) is 20.4 Å². The molecule has 138 valence electrons. The molecule has 24 heavy (non-hydrogen) atoms. The number of aryl methyl sites for hydroxylation is 1. The van der Waals surface area contributed by atoms with Crippen LogP contribution in [0.15, 0.2) is 0 Å². The summed E-state index contributed by atoms with van der Waals surface area (Å²) in [6, 6.07) is -0.185. The van der Waals surface area contributed by atoms with Crippen LogP contribution in [0.4, 0.5) is 13.2 Å². The van der Waals surface area contributed by atoms with E-state index in [1.165, 1.54) is 0 Å². The monoisotopic (exact) mass is 352 g/mol. The SMILES string of the molecule is CC(=O)O.CO[C@@H]1CC[C@H](c2nc(C)nn2CC(F)(F)F)C[C@H]1N. The Morgan fingerprint density at radius 2 is 2.04 bits per heavy atom. The summed E-state index contributed by atoms with van der Waals surface area (Å²) in [5, 5.41) is 11.3. The van der Waals surface area contributed by atoms with Crippen LogP contribution in [0.5, 0.6) is 0 Å². The Morgan fingerprint density at radius 3 is 2.50 bits per heavy atom. The fourth-order valence-electron chi connectivity index (χ4n) is 2.76. The standard InChI is InChI=1S/C12H19F3N4O.C2H4O2/c1-7-17-11(19(18-7)6-12(13,14)15)8-3-4-10(20-2)9(16)5-8;1-2(3)4/h8-10H,3-6,16H2,1-2H3;1H3,(H,3,4)/t8-,9+,10+;/m0./s1. The highest BCUT2D eigenvalue weighted by atomic mass is 19.4. The molecule has 0 aliphatic heterocycles. The van der Waals surface area contributed by atoms with Gasteiger partial charge in [-0.05, 0) is 26.2 Å². The number of carboxylic acid groups (broad SMARTS) is 1. The molecule has 1 aliphatic rings. The van der Waals surface area contributed by atoms with Crippen molar-refractivity contribution in [3.8, 4) is 0 Å². The van der Waals surface area contributed by atoms with E-state index in [9.17, 15) is 13.2 Å². The molecule has 1 heterocycles. The number of halogens is 3. The predicted molar refractivity (Wildman–Crippen MR) is 79.5 cm³/mol. The van der Waals surface area contributed by atoms with E-state index in [0.717, 1.165) is 18.0 Å². The predicted octanol–water partition coefficient (Wildman–Crippen LogP) is 1.85. The first-order valence-electron chi connectivity index (χ1n) is 7.49. The van der Waals surface area contributed by atoms with Gasteiger partial charge in [0.15, 0.2) is 0 Å². The molecule has 0 unspecified atom stereocenters. The van der Waals surface area contributed by atoms with Crippen LogP contribution in [0, 0.1) is 6.92 Å². The van der Waals surface area contributed by atoms with E-state index < -0.39 is 18.7 Å². The number of carboxylic acids is 1. The minimum absolute atomic E-state index is 0.0358. The van der Waals surface area contributed by atoms with Crippen LogP contribution >= 0.6 is 0 Å². The van der Waals surface area contributed by atoms with Gasteiger partial charge < -0.3 is 15.6 Å². The Morgan fingerprint density at radius 1 is 1.46 bits per heavy atom. The number of methoxy groups -OCH3 is 1. The van der Waals surface area contributed by atoms with Gasteiger partial charge in [0.05, 0.1) is 6.10 Å². The molecule has 0 bridgehead atoms. The van der Waals surface area contributed by atoms with Crippen molar-refractivity contribution >= 4 is 5.97 Å². The zero-order valence-electron chi connectivity index (χ0n) is 13.9. The lowest BCUT2D eigenvalue weighted by Gasteiger charge is -2.32. The van der Waals surface area contributed by atoms with Crippen molar-refractivity contribution in [2.24, 2.45) is 5.73 Å². The molecule has 0 saturated heterocycles. The van der Waals surface area contributed by atoms with Crippen LogP contribution in [0.1, 0.15) is 43.8 Å². The van der Waals surface area contributed by atoms with Gasteiger partial charge in [0, 0.05) is 26.0 Å². The molecule has 1 fully saturated rings. The van der Waals surface area contributed by atoms with Crippen molar-refractivity contribution in [2.45, 2.75) is 63.9 Å². The zero-order valence-corrected chi connectivity index (χ0v) is 13.9. The summed E-state index contributed by atoms with van der Waals surface area (Å²) in [6.07, 6.45) is -2.34. The van der Waals surface area contributed by atoms with Gasteiger partial charge in [-0.15, -0.1) is 0 Å². The molecular weight excluding hydrogens is 329 g/mol. The number of alkyl halides is 3. The minimum Gasteiger partial charge on any atom is -0.481 e. The molecule has 1 aromatic heterocycles. The molecule has 10 heteroatoms. The van der Waals surface area contributed by atoms with Gasteiger partial charge >= 0.3 is 6.18 Å². The minimum atomic E-state index is -4.30. The quantitative estimate of drug-likeness (QED) is 0.860. The smallest absolute Gasteiger partial charge is 0.408 e. The molecule has 3 N–H and O–H groups in total. The van der Waals surface area contributed by atoms with Gasteiger partial charge in [0.2, 0.25) is 0 Å². The molecule has 7 nitrogen and oxygen atoms in total. The summed E-state index contributed by atoms with van der Waals surface area (Å²) in [5.41, 5.74) is 6.00. The largest absolute Gasteiger partial charge is 0.481 e. The normalized spacial score (nSPS) is 24.2. The summed E-state index contributed by atoms with van der Waals surface area (Å²) in [7, 11) is 1.60. The second-order valence-electron chi connectivity index (χ2n) is 5.76. The lowest BCUT2D eigenvalue weighted by Crippen LogP contribution is -2.41. The summed E-state index contributed by atoms with van der Waals surface area (Å²) in [4.78, 5) is 13.2. The van der Waals surface area contributed by atoms with Crippen molar-refractivity contribution in [3.63, 3.8) is 0 Å². The molecule has 0 spiro atoms. The molecule has 1 aliphatic carbocycles. The number of aromatic nitrogens is 3.